The molecule has 0 aliphatic carbocycles. The molecule has 0 unspecified atom stereocenters. The van der Waals surface area contributed by atoms with Gasteiger partial charge in [0.05, 0.1) is 0 Å². The van der Waals surface area contributed by atoms with Crippen molar-refractivity contribution in [3.8, 4) is 30.0 Å². The van der Waals surface area contributed by atoms with Crippen LogP contribution < -0.4 is 0 Å². The summed E-state index contributed by atoms with van der Waals surface area (Å²) in [5, 5.41) is 57.6. The number of hydrogen-bond acceptors (Lipinski definition) is 6. The molecule has 0 aromatic rings. The van der Waals surface area contributed by atoms with Crippen LogP contribution in [0.4, 0.5) is 0 Å². The summed E-state index contributed by atoms with van der Waals surface area (Å²) in [5.74, 6) is 0. The largest absolute Gasteiger partial charge is 2.00 e. The van der Waals surface area contributed by atoms with Crippen molar-refractivity contribution in [1.29, 1.82) is 31.6 Å². The summed E-state index contributed by atoms with van der Waals surface area (Å²) in [7, 11) is -6.03. The molecular weight excluding hydrogens is 333 g/mol. The van der Waals surface area contributed by atoms with E-state index < -0.39 is 10.5 Å². The fourth-order valence-electron chi connectivity index (χ4n) is 0.250. The van der Waals surface area contributed by atoms with Crippen molar-refractivity contribution in [3.63, 3.8) is 0 Å². The first kappa shape index (κ1) is 19.1. The minimum absolute atomic E-state index is 0. The van der Waals surface area contributed by atoms with Gasteiger partial charge in [-0.2, -0.15) is 0 Å². The standard InChI is InChI=1S/6CN.3Co/c6*1-2;;;/q;;;;;;-4;2*+2. The molecular formula is C6Co3N6. The van der Waals surface area contributed by atoms with Gasteiger partial charge in [-0.25, -0.2) is 0 Å². The third kappa shape index (κ3) is 1.68. The molecule has 0 N–H and O–H groups in total. The molecule has 0 fully saturated rings. The third-order valence-corrected chi connectivity index (χ3v) is 4.61. The minimum Gasteiger partial charge on any atom is 2.00 e. The Morgan fingerprint density at radius 2 is 0.600 bits per heavy atom. The zero-order valence-corrected chi connectivity index (χ0v) is 9.81. The van der Waals surface area contributed by atoms with E-state index in [1.807, 2.05) is 0 Å². The summed E-state index contributed by atoms with van der Waals surface area (Å²) in [6.45, 7) is 0. The van der Waals surface area contributed by atoms with Gasteiger partial charge in [-0.3, -0.25) is 0 Å². The topological polar surface area (TPSA) is 143 Å². The van der Waals surface area contributed by atoms with Gasteiger partial charge in [0.25, 0.3) is 0 Å². The van der Waals surface area contributed by atoms with Crippen LogP contribution in [0.25, 0.3) is 0 Å². The molecule has 0 aromatic carbocycles. The zero-order valence-electron chi connectivity index (χ0n) is 6.68. The van der Waals surface area contributed by atoms with Gasteiger partial charge in [0, 0.05) is 0 Å². The molecule has 2 radical (unpaired) electrons. The van der Waals surface area contributed by atoms with Crippen LogP contribution in [0.1, 0.15) is 0 Å². The number of rotatable bonds is 0. The molecule has 6 nitrogen and oxygen atoms in total. The van der Waals surface area contributed by atoms with E-state index >= 15 is 0 Å². The molecule has 9 heteroatoms. The summed E-state index contributed by atoms with van der Waals surface area (Å²) in [6.07, 6.45) is 0. The van der Waals surface area contributed by atoms with Gasteiger partial charge in [0.2, 0.25) is 0 Å². The zero-order chi connectivity index (χ0) is 10.7. The number of hydrogen-bond donors (Lipinski definition) is 0. The van der Waals surface area contributed by atoms with Gasteiger partial charge >= 0.3 is 106 Å². The van der Waals surface area contributed by atoms with Crippen LogP contribution in [0, 0.1) is 61.6 Å². The summed E-state index contributed by atoms with van der Waals surface area (Å²) in [4.78, 5) is 0. The molecule has 0 rings (SSSR count). The molecule has 0 aliphatic heterocycles. The molecule has 0 aromatic heterocycles. The molecule has 81 valence electrons. The Morgan fingerprint density at radius 3 is 0.600 bits per heavy atom. The average molecular weight is 333 g/mol. The Kier molecular flexibility index (Phi) is 5.50. The van der Waals surface area contributed by atoms with Crippen molar-refractivity contribution in [2.75, 3.05) is 0 Å². The van der Waals surface area contributed by atoms with Gasteiger partial charge in [-0.05, 0) is 0 Å². The summed E-state index contributed by atoms with van der Waals surface area (Å²) in [5.41, 5.74) is 0. The maximum Gasteiger partial charge on any atom is 2.00 e. The maximum atomic E-state index is 8.58. The molecule has 15 heavy (non-hydrogen) atoms. The van der Waals surface area contributed by atoms with Crippen molar-refractivity contribution in [2.24, 2.45) is 0 Å². The van der Waals surface area contributed by atoms with Crippen LogP contribution in [0.15, 0.2) is 0 Å². The van der Waals surface area contributed by atoms with Crippen LogP contribution in [0.3, 0.4) is 0 Å². The Hall–Kier alpha value is -1.54. The molecule has 0 aliphatic rings. The van der Waals surface area contributed by atoms with Gasteiger partial charge in [0.15, 0.2) is 0 Å². The van der Waals surface area contributed by atoms with Crippen LogP contribution in [0.2, 0.25) is 0 Å². The smallest absolute Gasteiger partial charge is 2.00 e. The number of nitrogens with zero attached hydrogens (tertiary/aromatic N) is 6. The normalized spacial score (nSPS) is 11.6. The van der Waals surface area contributed by atoms with Crippen LogP contribution in [-0.2, 0) is 44.1 Å². The van der Waals surface area contributed by atoms with Crippen molar-refractivity contribution in [1.82, 2.24) is 0 Å². The SMILES string of the molecule is N#[C][Co-4]([C]#N)([C]#N)([C]#N)([C]#N)[C]#N.[Co+2].[Co+2]. The van der Waals surface area contributed by atoms with Gasteiger partial charge in [-0.1, -0.05) is 0 Å². The fourth-order valence-corrected chi connectivity index (χ4v) is 1.03. The van der Waals surface area contributed by atoms with Crippen LogP contribution in [-0.4, -0.2) is 0 Å². The first-order valence-corrected chi connectivity index (χ1v) is 5.46. The van der Waals surface area contributed by atoms with Crippen LogP contribution >= 0.6 is 0 Å². The molecule has 0 saturated heterocycles. The van der Waals surface area contributed by atoms with Gasteiger partial charge < -0.3 is 0 Å². The van der Waals surface area contributed by atoms with E-state index in [2.05, 4.69) is 0 Å². The Balaban J connectivity index is -0.000000720. The van der Waals surface area contributed by atoms with E-state index in [1.165, 1.54) is 0 Å². The summed E-state index contributed by atoms with van der Waals surface area (Å²) < 4.78 is 0. The summed E-state index contributed by atoms with van der Waals surface area (Å²) in [6, 6.07) is 0. The Bertz CT molecular complexity index is 393. The molecule has 0 atom stereocenters. The quantitative estimate of drug-likeness (QED) is 0.615. The molecule has 0 bridgehead atoms. The Morgan fingerprint density at radius 1 is 0.467 bits per heavy atom. The van der Waals surface area contributed by atoms with E-state index in [0.29, 0.717) is 0 Å². The second kappa shape index (κ2) is 4.32. The number of nitriles is 6. The van der Waals surface area contributed by atoms with Crippen molar-refractivity contribution < 1.29 is 44.1 Å². The van der Waals surface area contributed by atoms with Gasteiger partial charge in [0.1, 0.15) is 0 Å². The third-order valence-electron chi connectivity index (χ3n) is 1.12. The minimum atomic E-state index is -6.03. The van der Waals surface area contributed by atoms with E-state index in [0.717, 1.165) is 30.0 Å². The predicted octanol–water partition coefficient (Wildman–Crippen LogP) is 0.0932. The summed E-state index contributed by atoms with van der Waals surface area (Å²) >= 11 is 0. The molecule has 0 heterocycles. The van der Waals surface area contributed by atoms with Crippen molar-refractivity contribution in [2.45, 2.75) is 0 Å². The van der Waals surface area contributed by atoms with E-state index in [-0.39, 0.29) is 33.6 Å². The van der Waals surface area contributed by atoms with Crippen LogP contribution in [0.5, 0.6) is 0 Å². The maximum absolute atomic E-state index is 8.58. The molecule has 0 amide bonds. The molecule has 0 saturated carbocycles. The van der Waals surface area contributed by atoms with Gasteiger partial charge in [-0.15, -0.1) is 0 Å². The fraction of sp³-hybridized carbons (Fsp3) is 0. The van der Waals surface area contributed by atoms with E-state index in [4.69, 9.17) is 31.6 Å². The molecule has 0 spiro atoms. The second-order valence-electron chi connectivity index (χ2n) is 1.70. The van der Waals surface area contributed by atoms with Crippen molar-refractivity contribution in [3.05, 3.63) is 0 Å². The monoisotopic (exact) mass is 333 g/mol. The van der Waals surface area contributed by atoms with Crippen molar-refractivity contribution >= 4 is 0 Å². The van der Waals surface area contributed by atoms with E-state index in [9.17, 15) is 0 Å². The predicted molar refractivity (Wildman–Crippen MR) is 33.7 cm³/mol. The second-order valence-corrected chi connectivity index (χ2v) is 7.00. The first-order valence-electron chi connectivity index (χ1n) is 2.34. The average Bonchev–Trinajstić information content (AvgIpc) is 2.26. The first-order chi connectivity index (χ1) is 5.97. The van der Waals surface area contributed by atoms with E-state index in [1.54, 1.807) is 0 Å². The Labute approximate surface area is 105 Å².